The molecule has 0 aromatic heterocycles. The van der Waals surface area contributed by atoms with Crippen LogP contribution in [0.1, 0.15) is 30.5 Å². The van der Waals surface area contributed by atoms with Crippen LogP contribution in [0.25, 0.3) is 54.9 Å². The zero-order valence-corrected chi connectivity index (χ0v) is 21.8. The van der Waals surface area contributed by atoms with Gasteiger partial charge in [-0.2, -0.15) is 5.26 Å². The second-order valence-electron chi connectivity index (χ2n) is 10.9. The molecule has 192 valence electrons. The van der Waals surface area contributed by atoms with Crippen LogP contribution in [0.5, 0.6) is 0 Å². The van der Waals surface area contributed by atoms with Gasteiger partial charge in [-0.1, -0.05) is 80.6 Å². The topological polar surface area (TPSA) is 23.8 Å². The van der Waals surface area contributed by atoms with Gasteiger partial charge in [-0.05, 0) is 96.4 Å². The number of benzene rings is 6. The fraction of sp³-hybridized carbons (Fsp3) is 0.0833. The predicted octanol–water partition coefficient (Wildman–Crippen LogP) is 9.92. The molecule has 0 N–H and O–H groups in total. The summed E-state index contributed by atoms with van der Waals surface area (Å²) in [6.07, 6.45) is 0. The Labute approximate surface area is 229 Å². The number of hydrogen-bond donors (Lipinski definition) is 0. The lowest BCUT2D eigenvalue weighted by Gasteiger charge is -2.23. The minimum absolute atomic E-state index is 0.286. The van der Waals surface area contributed by atoms with Crippen molar-refractivity contribution in [2.24, 2.45) is 0 Å². The van der Waals surface area contributed by atoms with Gasteiger partial charge in [0, 0.05) is 5.41 Å². The first-order chi connectivity index (χ1) is 19.3. The monoisotopic (exact) mass is 525 g/mol. The van der Waals surface area contributed by atoms with E-state index in [1.165, 1.54) is 5.56 Å². The Morgan fingerprint density at radius 1 is 0.575 bits per heavy atom. The maximum absolute atomic E-state index is 14.4. The summed E-state index contributed by atoms with van der Waals surface area (Å²) in [7, 11) is 0. The number of rotatable bonds is 2. The van der Waals surface area contributed by atoms with Crippen molar-refractivity contribution in [1.29, 1.82) is 5.26 Å². The van der Waals surface area contributed by atoms with E-state index in [4.69, 9.17) is 0 Å². The third kappa shape index (κ3) is 3.34. The molecule has 1 nitrogen and oxygen atoms in total. The van der Waals surface area contributed by atoms with Gasteiger partial charge in [-0.25, -0.2) is 13.2 Å². The molecule has 1 aliphatic rings. The lowest BCUT2D eigenvalue weighted by Crippen LogP contribution is -2.15. The number of hydrogen-bond acceptors (Lipinski definition) is 1. The zero-order chi connectivity index (χ0) is 27.8. The van der Waals surface area contributed by atoms with Crippen LogP contribution in [0.15, 0.2) is 97.1 Å². The van der Waals surface area contributed by atoms with Gasteiger partial charge in [-0.15, -0.1) is 0 Å². The molecule has 0 saturated carbocycles. The third-order valence-corrected chi connectivity index (χ3v) is 8.30. The molecule has 40 heavy (non-hydrogen) atoms. The van der Waals surface area contributed by atoms with Gasteiger partial charge in [-0.3, -0.25) is 0 Å². The fourth-order valence-corrected chi connectivity index (χ4v) is 6.41. The van der Waals surface area contributed by atoms with E-state index in [1.807, 2.05) is 66.7 Å². The van der Waals surface area contributed by atoms with Crippen LogP contribution in [0, 0.1) is 28.8 Å². The second kappa shape index (κ2) is 8.56. The lowest BCUT2D eigenvalue weighted by atomic mass is 9.80. The van der Waals surface area contributed by atoms with Gasteiger partial charge >= 0.3 is 0 Å². The van der Waals surface area contributed by atoms with Crippen LogP contribution < -0.4 is 0 Å². The van der Waals surface area contributed by atoms with Crippen molar-refractivity contribution in [1.82, 2.24) is 0 Å². The van der Waals surface area contributed by atoms with Crippen LogP contribution in [0.3, 0.4) is 0 Å². The molecule has 1 aliphatic carbocycles. The molecule has 4 heteroatoms. The Balaban J connectivity index is 1.54. The van der Waals surface area contributed by atoms with Crippen LogP contribution in [-0.4, -0.2) is 0 Å². The minimum atomic E-state index is -1.47. The summed E-state index contributed by atoms with van der Waals surface area (Å²) in [6.45, 7) is 4.36. The highest BCUT2D eigenvalue weighted by molar-refractivity contribution is 6.21. The van der Waals surface area contributed by atoms with E-state index in [9.17, 15) is 18.4 Å². The normalized spacial score (nSPS) is 13.3. The lowest BCUT2D eigenvalue weighted by molar-refractivity contribution is 0.448. The van der Waals surface area contributed by atoms with E-state index in [-0.39, 0.29) is 11.0 Å². The van der Waals surface area contributed by atoms with Crippen LogP contribution in [0.2, 0.25) is 0 Å². The molecule has 0 bridgehead atoms. The molecule has 0 aliphatic heterocycles. The molecule has 0 saturated heterocycles. The average molecular weight is 526 g/mol. The fourth-order valence-electron chi connectivity index (χ4n) is 6.41. The molecule has 7 rings (SSSR count). The van der Waals surface area contributed by atoms with Gasteiger partial charge in [0.05, 0.1) is 11.6 Å². The molecule has 0 radical (unpaired) electrons. The van der Waals surface area contributed by atoms with Gasteiger partial charge in [0.2, 0.25) is 0 Å². The molecule has 6 aromatic carbocycles. The van der Waals surface area contributed by atoms with E-state index in [1.54, 1.807) is 0 Å². The summed E-state index contributed by atoms with van der Waals surface area (Å²) in [5.74, 6) is -3.91. The standard InChI is InChI=1S/C36H22F3N/c1-36(2)29-15-20(19-40)11-13-23(29)24-14-12-21(16-30(24)36)33-25-7-3-5-9-27(25)34(28-10-6-4-8-26(28)33)22-17-31(37)35(39)32(38)18-22/h3-18H,1-2H3. The van der Waals surface area contributed by atoms with Crippen molar-refractivity contribution in [2.45, 2.75) is 19.3 Å². The summed E-state index contributed by atoms with van der Waals surface area (Å²) in [5.41, 5.74) is 7.91. The molecule has 6 aromatic rings. The summed E-state index contributed by atoms with van der Waals surface area (Å²) in [5, 5.41) is 13.0. The zero-order valence-electron chi connectivity index (χ0n) is 21.8. The Kier molecular flexibility index (Phi) is 5.18. The molecular formula is C36H22F3N. The largest absolute Gasteiger partial charge is 0.204 e. The van der Waals surface area contributed by atoms with E-state index in [0.717, 1.165) is 61.5 Å². The SMILES string of the molecule is CC1(C)c2cc(C#N)ccc2-c2ccc(-c3c4ccccc4c(-c4cc(F)c(F)c(F)c4)c4ccccc34)cc21. The van der Waals surface area contributed by atoms with E-state index >= 15 is 0 Å². The minimum Gasteiger partial charge on any atom is -0.204 e. The van der Waals surface area contributed by atoms with Gasteiger partial charge in [0.1, 0.15) is 0 Å². The van der Waals surface area contributed by atoms with Crippen LogP contribution in [-0.2, 0) is 5.41 Å². The molecule has 0 heterocycles. The van der Waals surface area contributed by atoms with Crippen molar-refractivity contribution in [3.05, 3.63) is 131 Å². The van der Waals surface area contributed by atoms with Crippen molar-refractivity contribution in [3.8, 4) is 39.4 Å². The van der Waals surface area contributed by atoms with Crippen molar-refractivity contribution in [2.75, 3.05) is 0 Å². The number of fused-ring (bicyclic) bond motifs is 5. The average Bonchev–Trinajstić information content (AvgIpc) is 3.19. The molecule has 0 unspecified atom stereocenters. The highest BCUT2D eigenvalue weighted by Crippen LogP contribution is 2.51. The highest BCUT2D eigenvalue weighted by atomic mass is 19.2. The van der Waals surface area contributed by atoms with E-state index in [2.05, 4.69) is 38.1 Å². The summed E-state index contributed by atoms with van der Waals surface area (Å²) < 4.78 is 42.7. The molecule has 0 atom stereocenters. The van der Waals surface area contributed by atoms with Crippen molar-refractivity contribution in [3.63, 3.8) is 0 Å². The van der Waals surface area contributed by atoms with Crippen LogP contribution in [0.4, 0.5) is 13.2 Å². The smallest absolute Gasteiger partial charge is 0.194 e. The van der Waals surface area contributed by atoms with E-state index in [0.29, 0.717) is 11.1 Å². The predicted molar refractivity (Wildman–Crippen MR) is 154 cm³/mol. The molecular weight excluding hydrogens is 503 g/mol. The highest BCUT2D eigenvalue weighted by Gasteiger charge is 2.36. The van der Waals surface area contributed by atoms with Gasteiger partial charge < -0.3 is 0 Å². The first-order valence-electron chi connectivity index (χ1n) is 13.1. The first kappa shape index (κ1) is 24.2. The second-order valence-corrected chi connectivity index (χ2v) is 10.9. The molecule has 0 fully saturated rings. The molecule has 0 spiro atoms. The Hall–Kier alpha value is -4.88. The Bertz CT molecular complexity index is 2000. The van der Waals surface area contributed by atoms with Crippen LogP contribution >= 0.6 is 0 Å². The quantitative estimate of drug-likeness (QED) is 0.163. The summed E-state index contributed by atoms with van der Waals surface area (Å²) >= 11 is 0. The van der Waals surface area contributed by atoms with Gasteiger partial charge in [0.25, 0.3) is 0 Å². The first-order valence-corrected chi connectivity index (χ1v) is 13.1. The maximum Gasteiger partial charge on any atom is 0.194 e. The maximum atomic E-state index is 14.4. The Morgan fingerprint density at radius 2 is 1.05 bits per heavy atom. The number of halogens is 3. The van der Waals surface area contributed by atoms with Crippen molar-refractivity contribution < 1.29 is 13.2 Å². The summed E-state index contributed by atoms with van der Waals surface area (Å²) in [4.78, 5) is 0. The number of nitriles is 1. The van der Waals surface area contributed by atoms with Gasteiger partial charge in [0.15, 0.2) is 17.5 Å². The summed E-state index contributed by atoms with van der Waals surface area (Å²) in [6, 6.07) is 32.4. The third-order valence-electron chi connectivity index (χ3n) is 8.30. The molecule has 0 amide bonds. The number of nitrogens with zero attached hydrogens (tertiary/aromatic N) is 1. The van der Waals surface area contributed by atoms with Crippen molar-refractivity contribution >= 4 is 21.5 Å². The van der Waals surface area contributed by atoms with E-state index < -0.39 is 17.5 Å². The Morgan fingerprint density at radius 3 is 1.57 bits per heavy atom.